The van der Waals surface area contributed by atoms with Crippen molar-refractivity contribution in [1.82, 2.24) is 0 Å². The zero-order valence-electron chi connectivity index (χ0n) is 10.8. The minimum atomic E-state index is -1.07. The van der Waals surface area contributed by atoms with Gasteiger partial charge in [-0.15, -0.1) is 0 Å². The first-order chi connectivity index (χ1) is 9.07. The van der Waals surface area contributed by atoms with Crippen LogP contribution in [0.3, 0.4) is 0 Å². The van der Waals surface area contributed by atoms with Crippen molar-refractivity contribution < 1.29 is 14.6 Å². The molecular weight excluding hydrogens is 355 g/mol. The monoisotopic (exact) mass is 370 g/mol. The van der Waals surface area contributed by atoms with Crippen LogP contribution in [-0.4, -0.2) is 19.3 Å². The van der Waals surface area contributed by atoms with E-state index in [4.69, 9.17) is 9.47 Å². The molecule has 0 heterocycles. The number of alkyl halides is 1. The van der Waals surface area contributed by atoms with E-state index in [-0.39, 0.29) is 0 Å². The van der Waals surface area contributed by atoms with Crippen LogP contribution in [-0.2, 0) is 3.61 Å². The molecule has 2 aromatic rings. The molecule has 100 valence electrons. The Labute approximate surface area is 126 Å². The van der Waals surface area contributed by atoms with Gasteiger partial charge in [0.05, 0.1) is 14.2 Å². The molecule has 0 radical (unpaired) electrons. The zero-order valence-corrected chi connectivity index (χ0v) is 12.9. The van der Waals surface area contributed by atoms with E-state index in [1.165, 1.54) is 0 Å². The van der Waals surface area contributed by atoms with Gasteiger partial charge < -0.3 is 14.6 Å². The van der Waals surface area contributed by atoms with Crippen LogP contribution in [0.15, 0.2) is 48.5 Å². The highest BCUT2D eigenvalue weighted by Gasteiger charge is 2.27. The fourth-order valence-corrected chi connectivity index (χ4v) is 2.51. The number of aliphatic hydroxyl groups is 1. The lowest BCUT2D eigenvalue weighted by atomic mass is 10.0. The summed E-state index contributed by atoms with van der Waals surface area (Å²) in [5, 5.41) is 10.7. The van der Waals surface area contributed by atoms with Gasteiger partial charge in [-0.3, -0.25) is 0 Å². The molecule has 0 saturated carbocycles. The number of halogens is 1. The van der Waals surface area contributed by atoms with Gasteiger partial charge in [0.15, 0.2) is 3.61 Å². The summed E-state index contributed by atoms with van der Waals surface area (Å²) in [6, 6.07) is 14.8. The predicted molar refractivity (Wildman–Crippen MR) is 83.0 cm³/mol. The Morgan fingerprint density at radius 2 is 1.11 bits per heavy atom. The molecule has 0 unspecified atom stereocenters. The summed E-state index contributed by atoms with van der Waals surface area (Å²) >= 11 is 2.03. The number of rotatable bonds is 4. The Morgan fingerprint density at radius 3 is 1.37 bits per heavy atom. The Balaban J connectivity index is 2.33. The topological polar surface area (TPSA) is 38.7 Å². The Kier molecular flexibility index (Phi) is 4.31. The minimum Gasteiger partial charge on any atom is -0.497 e. The third-order valence-electron chi connectivity index (χ3n) is 2.95. The van der Waals surface area contributed by atoms with Crippen molar-refractivity contribution in [2.24, 2.45) is 0 Å². The maximum atomic E-state index is 10.7. The average molecular weight is 370 g/mol. The van der Waals surface area contributed by atoms with Crippen LogP contribution in [0.4, 0.5) is 0 Å². The lowest BCUT2D eigenvalue weighted by molar-refractivity contribution is 0.200. The van der Waals surface area contributed by atoms with Gasteiger partial charge in [0, 0.05) is 0 Å². The highest BCUT2D eigenvalue weighted by molar-refractivity contribution is 14.1. The molecule has 2 aromatic carbocycles. The van der Waals surface area contributed by atoms with Gasteiger partial charge in [-0.25, -0.2) is 0 Å². The Morgan fingerprint density at radius 1 is 0.789 bits per heavy atom. The molecule has 19 heavy (non-hydrogen) atoms. The second-order valence-electron chi connectivity index (χ2n) is 4.08. The molecule has 2 rings (SSSR count). The molecule has 0 aliphatic carbocycles. The fourth-order valence-electron chi connectivity index (χ4n) is 1.79. The van der Waals surface area contributed by atoms with E-state index in [0.29, 0.717) is 0 Å². The SMILES string of the molecule is COc1ccc(C(O)(I)c2ccc(OC)cc2)cc1. The number of hydrogen-bond donors (Lipinski definition) is 1. The van der Waals surface area contributed by atoms with E-state index in [9.17, 15) is 5.11 Å². The fraction of sp³-hybridized carbons (Fsp3) is 0.200. The van der Waals surface area contributed by atoms with Crippen molar-refractivity contribution in [1.29, 1.82) is 0 Å². The van der Waals surface area contributed by atoms with Crippen LogP contribution in [0.2, 0.25) is 0 Å². The first-order valence-electron chi connectivity index (χ1n) is 5.78. The standard InChI is InChI=1S/C15H15IO3/c1-18-13-7-3-11(4-8-13)15(16,17)12-5-9-14(19-2)10-6-12/h3-10,17H,1-2H3. The van der Waals surface area contributed by atoms with E-state index in [1.54, 1.807) is 14.2 Å². The molecule has 0 aromatic heterocycles. The molecule has 4 heteroatoms. The second-order valence-corrected chi connectivity index (χ2v) is 5.64. The van der Waals surface area contributed by atoms with Gasteiger partial charge >= 0.3 is 0 Å². The number of hydrogen-bond acceptors (Lipinski definition) is 3. The smallest absolute Gasteiger partial charge is 0.166 e. The first kappa shape index (κ1) is 14.1. The molecule has 0 aliphatic rings. The Bertz CT molecular complexity index is 483. The number of ether oxygens (including phenoxy) is 2. The van der Waals surface area contributed by atoms with E-state index in [2.05, 4.69) is 0 Å². The average Bonchev–Trinajstić information content (AvgIpc) is 2.47. The summed E-state index contributed by atoms with van der Waals surface area (Å²) in [5.74, 6) is 1.54. The lowest BCUT2D eigenvalue weighted by Crippen LogP contribution is -2.18. The number of benzene rings is 2. The van der Waals surface area contributed by atoms with Crippen molar-refractivity contribution >= 4 is 22.6 Å². The van der Waals surface area contributed by atoms with Crippen molar-refractivity contribution in [2.75, 3.05) is 14.2 Å². The van der Waals surface area contributed by atoms with Crippen LogP contribution in [0, 0.1) is 0 Å². The summed E-state index contributed by atoms with van der Waals surface area (Å²) in [4.78, 5) is 0. The highest BCUT2D eigenvalue weighted by atomic mass is 127. The molecule has 1 N–H and O–H groups in total. The normalized spacial score (nSPS) is 11.2. The van der Waals surface area contributed by atoms with Crippen molar-refractivity contribution in [3.63, 3.8) is 0 Å². The van der Waals surface area contributed by atoms with Crippen LogP contribution in [0.5, 0.6) is 11.5 Å². The van der Waals surface area contributed by atoms with E-state index < -0.39 is 3.61 Å². The summed E-state index contributed by atoms with van der Waals surface area (Å²) in [7, 11) is 3.24. The van der Waals surface area contributed by atoms with Gasteiger partial charge in [0.25, 0.3) is 0 Å². The summed E-state index contributed by atoms with van der Waals surface area (Å²) in [6.45, 7) is 0. The van der Waals surface area contributed by atoms with Gasteiger partial charge in [-0.1, -0.05) is 24.3 Å². The summed E-state index contributed by atoms with van der Waals surface area (Å²) in [6.07, 6.45) is 0. The van der Waals surface area contributed by atoms with Crippen LogP contribution < -0.4 is 9.47 Å². The van der Waals surface area contributed by atoms with Gasteiger partial charge in [0.1, 0.15) is 11.5 Å². The van der Waals surface area contributed by atoms with E-state index in [0.717, 1.165) is 22.6 Å². The van der Waals surface area contributed by atoms with Gasteiger partial charge in [-0.2, -0.15) is 0 Å². The third-order valence-corrected chi connectivity index (χ3v) is 4.19. The van der Waals surface area contributed by atoms with Crippen LogP contribution in [0.25, 0.3) is 0 Å². The molecule has 0 spiro atoms. The second kappa shape index (κ2) is 5.79. The lowest BCUT2D eigenvalue weighted by Gasteiger charge is -2.22. The van der Waals surface area contributed by atoms with Crippen molar-refractivity contribution in [3.05, 3.63) is 59.7 Å². The molecule has 0 aliphatic heterocycles. The third kappa shape index (κ3) is 3.01. The van der Waals surface area contributed by atoms with Crippen molar-refractivity contribution in [3.8, 4) is 11.5 Å². The first-order valence-corrected chi connectivity index (χ1v) is 6.86. The molecular formula is C15H15IO3. The van der Waals surface area contributed by atoms with Gasteiger partial charge in [0.2, 0.25) is 0 Å². The number of methoxy groups -OCH3 is 2. The largest absolute Gasteiger partial charge is 0.497 e. The molecule has 0 fully saturated rings. The summed E-state index contributed by atoms with van der Waals surface area (Å²) < 4.78 is 9.16. The maximum Gasteiger partial charge on any atom is 0.166 e. The van der Waals surface area contributed by atoms with Crippen LogP contribution >= 0.6 is 22.6 Å². The summed E-state index contributed by atoms with van der Waals surface area (Å²) in [5.41, 5.74) is 1.61. The van der Waals surface area contributed by atoms with E-state index >= 15 is 0 Å². The van der Waals surface area contributed by atoms with Crippen molar-refractivity contribution in [2.45, 2.75) is 3.61 Å². The quantitative estimate of drug-likeness (QED) is 0.663. The van der Waals surface area contributed by atoms with E-state index in [1.807, 2.05) is 71.1 Å². The molecule has 0 atom stereocenters. The maximum absolute atomic E-state index is 10.7. The van der Waals surface area contributed by atoms with Crippen LogP contribution in [0.1, 0.15) is 11.1 Å². The minimum absolute atomic E-state index is 0.769. The Hall–Kier alpha value is -1.27. The zero-order chi connectivity index (χ0) is 13.9. The molecule has 0 amide bonds. The molecule has 0 saturated heterocycles. The molecule has 3 nitrogen and oxygen atoms in total. The highest BCUT2D eigenvalue weighted by Crippen LogP contribution is 2.37. The van der Waals surface area contributed by atoms with Gasteiger partial charge in [-0.05, 0) is 58.0 Å². The predicted octanol–water partition coefficient (Wildman–Crippen LogP) is 3.33. The molecule has 0 bridgehead atoms.